The lowest BCUT2D eigenvalue weighted by Crippen LogP contribution is -2.02. The second-order valence-corrected chi connectivity index (χ2v) is 8.06. The van der Waals surface area contributed by atoms with Gasteiger partial charge in [-0.05, 0) is 72.6 Å². The number of nitrogens with zero attached hydrogens (tertiary/aromatic N) is 3. The highest BCUT2D eigenvalue weighted by molar-refractivity contribution is 8.13. The first-order chi connectivity index (χ1) is 15.5. The van der Waals surface area contributed by atoms with Crippen molar-refractivity contribution in [1.82, 2.24) is 10.2 Å². The van der Waals surface area contributed by atoms with E-state index in [2.05, 4.69) is 22.3 Å². The molecule has 0 radical (unpaired) electrons. The van der Waals surface area contributed by atoms with Crippen LogP contribution in [0.25, 0.3) is 5.57 Å². The average Bonchev–Trinajstić information content (AvgIpc) is 3.22. The predicted molar refractivity (Wildman–Crippen MR) is 126 cm³/mol. The van der Waals surface area contributed by atoms with Crippen LogP contribution in [0.5, 0.6) is 5.75 Å². The molecule has 3 rings (SSSR count). The van der Waals surface area contributed by atoms with Crippen molar-refractivity contribution in [2.24, 2.45) is 0 Å². The molecular formula is C25H25N3O3S. The van der Waals surface area contributed by atoms with E-state index in [0.717, 1.165) is 46.9 Å². The third kappa shape index (κ3) is 5.45. The minimum Gasteiger partial charge on any atom is -0.496 e. The molecule has 1 heterocycles. The van der Waals surface area contributed by atoms with Crippen LogP contribution in [0, 0.1) is 25.2 Å². The van der Waals surface area contributed by atoms with Crippen LogP contribution < -0.4 is 4.74 Å². The number of allylic oxidation sites excluding steroid dienone is 1. The smallest absolute Gasteiger partial charge is 0.222 e. The number of methoxy groups -OCH3 is 1. The Bertz CT molecular complexity index is 1190. The third-order valence-corrected chi connectivity index (χ3v) is 5.60. The van der Waals surface area contributed by atoms with E-state index < -0.39 is 0 Å². The molecule has 0 atom stereocenters. The number of carbonyl (C=O) groups is 1. The lowest BCUT2D eigenvalue weighted by atomic mass is 9.92. The molecule has 0 fully saturated rings. The summed E-state index contributed by atoms with van der Waals surface area (Å²) in [5.74, 6) is 1.77. The van der Waals surface area contributed by atoms with Crippen molar-refractivity contribution in [1.29, 1.82) is 5.26 Å². The highest BCUT2D eigenvalue weighted by Gasteiger charge is 2.17. The van der Waals surface area contributed by atoms with E-state index in [-0.39, 0.29) is 5.12 Å². The minimum atomic E-state index is -0.0521. The van der Waals surface area contributed by atoms with Gasteiger partial charge in [-0.15, -0.1) is 10.2 Å². The fourth-order valence-corrected chi connectivity index (χ4v) is 3.93. The van der Waals surface area contributed by atoms with Crippen molar-refractivity contribution >= 4 is 22.5 Å². The number of unbranched alkanes of at least 4 members (excludes halogenated alkanes) is 1. The van der Waals surface area contributed by atoms with E-state index in [9.17, 15) is 10.1 Å². The Morgan fingerprint density at radius 1 is 1.22 bits per heavy atom. The molecule has 32 heavy (non-hydrogen) atoms. The highest BCUT2D eigenvalue weighted by atomic mass is 32.2. The van der Waals surface area contributed by atoms with E-state index >= 15 is 0 Å². The summed E-state index contributed by atoms with van der Waals surface area (Å²) in [6, 6.07) is 13.6. The van der Waals surface area contributed by atoms with Gasteiger partial charge in [-0.3, -0.25) is 4.79 Å². The van der Waals surface area contributed by atoms with Crippen molar-refractivity contribution < 1.29 is 13.9 Å². The van der Waals surface area contributed by atoms with Crippen molar-refractivity contribution in [3.05, 3.63) is 82.1 Å². The topological polar surface area (TPSA) is 89.0 Å². The molecule has 0 unspecified atom stereocenters. The van der Waals surface area contributed by atoms with Gasteiger partial charge in [0.15, 0.2) is 0 Å². The van der Waals surface area contributed by atoms with E-state index in [0.29, 0.717) is 35.1 Å². The van der Waals surface area contributed by atoms with Gasteiger partial charge in [0.2, 0.25) is 16.9 Å². The third-order valence-electron chi connectivity index (χ3n) is 5.01. The number of carbonyl (C=O) groups excluding carboxylic acids is 1. The van der Waals surface area contributed by atoms with Crippen molar-refractivity contribution in [3.63, 3.8) is 0 Å². The number of thioether (sulfide) groups is 1. The largest absolute Gasteiger partial charge is 0.496 e. The first-order valence-corrected chi connectivity index (χ1v) is 11.5. The maximum absolute atomic E-state index is 12.6. The van der Waals surface area contributed by atoms with Gasteiger partial charge in [0.25, 0.3) is 0 Å². The van der Waals surface area contributed by atoms with Gasteiger partial charge in [0.1, 0.15) is 5.75 Å². The zero-order valence-corrected chi connectivity index (χ0v) is 19.5. The number of aryl methyl sites for hydroxylation is 3. The van der Waals surface area contributed by atoms with Crippen molar-refractivity contribution in [2.75, 3.05) is 13.4 Å². The normalized spacial score (nSPS) is 11.3. The first kappa shape index (κ1) is 23.3. The molecule has 0 aliphatic carbocycles. The van der Waals surface area contributed by atoms with Gasteiger partial charge < -0.3 is 9.15 Å². The van der Waals surface area contributed by atoms with E-state index in [1.54, 1.807) is 26.4 Å². The average molecular weight is 448 g/mol. The molecule has 0 aliphatic rings. The first-order valence-electron chi connectivity index (χ1n) is 10.2. The van der Waals surface area contributed by atoms with Crippen LogP contribution in [-0.2, 0) is 6.42 Å². The van der Waals surface area contributed by atoms with E-state index in [1.807, 2.05) is 37.3 Å². The fraction of sp³-hybridized carbons (Fsp3) is 0.280. The molecular weight excluding hydrogens is 422 g/mol. The quantitative estimate of drug-likeness (QED) is 0.420. The second-order valence-electron chi connectivity index (χ2n) is 7.28. The Morgan fingerprint density at radius 2 is 2.03 bits per heavy atom. The van der Waals surface area contributed by atoms with Gasteiger partial charge in [0.05, 0.1) is 24.3 Å². The fourth-order valence-electron chi connectivity index (χ4n) is 3.56. The summed E-state index contributed by atoms with van der Waals surface area (Å²) < 4.78 is 11.0. The summed E-state index contributed by atoms with van der Waals surface area (Å²) in [5, 5.41) is 17.2. The molecule has 2 aromatic carbocycles. The van der Waals surface area contributed by atoms with Gasteiger partial charge in [0, 0.05) is 13.3 Å². The number of aromatic nitrogens is 2. The summed E-state index contributed by atoms with van der Waals surface area (Å²) in [5.41, 5.74) is 4.80. The van der Waals surface area contributed by atoms with Crippen molar-refractivity contribution in [2.45, 2.75) is 33.1 Å². The van der Waals surface area contributed by atoms with Crippen LogP contribution in [0.4, 0.5) is 0 Å². The Hall–Kier alpha value is -3.37. The molecule has 0 saturated carbocycles. The van der Waals surface area contributed by atoms with Crippen LogP contribution in [0.15, 0.2) is 46.9 Å². The molecule has 0 aliphatic heterocycles. The summed E-state index contributed by atoms with van der Waals surface area (Å²) in [7, 11) is 1.57. The molecule has 0 spiro atoms. The number of hydrogen-bond acceptors (Lipinski definition) is 7. The van der Waals surface area contributed by atoms with Gasteiger partial charge >= 0.3 is 0 Å². The monoisotopic (exact) mass is 447 g/mol. The van der Waals surface area contributed by atoms with E-state index in [1.165, 1.54) is 0 Å². The Morgan fingerprint density at radius 3 is 2.69 bits per heavy atom. The molecule has 0 N–H and O–H groups in total. The predicted octanol–water partition coefficient (Wildman–Crippen LogP) is 5.52. The molecule has 0 amide bonds. The zero-order valence-electron chi connectivity index (χ0n) is 18.6. The second kappa shape index (κ2) is 10.8. The maximum atomic E-state index is 12.6. The summed E-state index contributed by atoms with van der Waals surface area (Å²) in [4.78, 5) is 12.6. The highest BCUT2D eigenvalue weighted by Crippen LogP contribution is 2.33. The zero-order chi connectivity index (χ0) is 23.1. The van der Waals surface area contributed by atoms with Crippen LogP contribution in [0.3, 0.4) is 0 Å². The molecule has 0 bridgehead atoms. The number of rotatable bonds is 8. The molecule has 6 nitrogen and oxygen atoms in total. The Kier molecular flexibility index (Phi) is 7.85. The van der Waals surface area contributed by atoms with Crippen LogP contribution in [0.1, 0.15) is 57.2 Å². The summed E-state index contributed by atoms with van der Waals surface area (Å²) >= 11 is 1.15. The standard InChI is InChI=1S/C25H25N3O3S/c1-16-12-20(14-22(24(16)30-3)25(29)32-4)21(19-9-7-8-18(13-19)15-26)10-5-6-11-23-28-27-17(2)31-23/h7-10,12-14H,5-6,11H2,1-4H3/b21-10+. The van der Waals surface area contributed by atoms with Gasteiger partial charge in [-0.1, -0.05) is 30.0 Å². The number of hydrogen-bond donors (Lipinski definition) is 0. The maximum Gasteiger partial charge on any atom is 0.222 e. The van der Waals surface area contributed by atoms with Crippen LogP contribution in [0.2, 0.25) is 0 Å². The summed E-state index contributed by atoms with van der Waals surface area (Å²) in [6.45, 7) is 3.71. The molecule has 7 heteroatoms. The van der Waals surface area contributed by atoms with Gasteiger partial charge in [-0.25, -0.2) is 0 Å². The molecule has 3 aromatic rings. The van der Waals surface area contributed by atoms with Crippen LogP contribution in [-0.4, -0.2) is 28.7 Å². The number of benzene rings is 2. The Labute approximate surface area is 192 Å². The minimum absolute atomic E-state index is 0.0521. The lowest BCUT2D eigenvalue weighted by Gasteiger charge is -2.15. The summed E-state index contributed by atoms with van der Waals surface area (Å²) in [6.07, 6.45) is 6.17. The Balaban J connectivity index is 2.01. The van der Waals surface area contributed by atoms with Gasteiger partial charge in [-0.2, -0.15) is 5.26 Å². The lowest BCUT2D eigenvalue weighted by molar-refractivity contribution is 0.108. The SMILES string of the molecule is COc1c(C)cc(/C(=C/CCCc2nnc(C)o2)c2cccc(C#N)c2)cc1C(=O)SC. The number of ether oxygens (including phenoxy) is 1. The van der Waals surface area contributed by atoms with Crippen LogP contribution >= 0.6 is 11.8 Å². The molecule has 0 saturated heterocycles. The molecule has 164 valence electrons. The van der Waals surface area contributed by atoms with E-state index in [4.69, 9.17) is 9.15 Å². The molecule has 1 aromatic heterocycles. The van der Waals surface area contributed by atoms with Crippen molar-refractivity contribution in [3.8, 4) is 11.8 Å². The number of nitriles is 1.